The van der Waals surface area contributed by atoms with Gasteiger partial charge >= 0.3 is 6.18 Å². The Labute approximate surface area is 144 Å². The zero-order valence-electron chi connectivity index (χ0n) is 13.4. The third-order valence-electron chi connectivity index (χ3n) is 3.69. The van der Waals surface area contributed by atoms with Crippen LogP contribution in [0, 0.1) is 13.8 Å². The molecule has 0 saturated carbocycles. The highest BCUT2D eigenvalue weighted by molar-refractivity contribution is 7.13. The molecule has 0 N–H and O–H groups in total. The molecule has 0 aliphatic rings. The van der Waals surface area contributed by atoms with Crippen LogP contribution in [-0.2, 0) is 13.1 Å². The Morgan fingerprint density at radius 2 is 2.08 bits per heavy atom. The number of alkyl halides is 3. The fourth-order valence-electron chi connectivity index (χ4n) is 2.53. The molecule has 10 heteroatoms. The van der Waals surface area contributed by atoms with Gasteiger partial charge < -0.3 is 4.57 Å². The largest absolute Gasteiger partial charge is 0.406 e. The van der Waals surface area contributed by atoms with Gasteiger partial charge in [-0.15, -0.1) is 21.5 Å². The summed E-state index contributed by atoms with van der Waals surface area (Å²) in [5.74, 6) is 0.0435. The van der Waals surface area contributed by atoms with E-state index in [1.54, 1.807) is 0 Å². The summed E-state index contributed by atoms with van der Waals surface area (Å²) in [4.78, 5) is 14.4. The van der Waals surface area contributed by atoms with Crippen LogP contribution in [0.2, 0.25) is 0 Å². The number of ketones is 1. The molecule has 0 spiro atoms. The Hall–Kier alpha value is -2.49. The minimum absolute atomic E-state index is 0.186. The molecule has 0 radical (unpaired) electrons. The number of aryl methyl sites for hydroxylation is 1. The van der Waals surface area contributed by atoms with Crippen LogP contribution in [0.3, 0.4) is 0 Å². The molecule has 0 aliphatic heterocycles. The molecule has 0 atom stereocenters. The van der Waals surface area contributed by atoms with Crippen LogP contribution in [0.1, 0.15) is 21.7 Å². The van der Waals surface area contributed by atoms with Crippen LogP contribution in [0.15, 0.2) is 23.6 Å². The first kappa shape index (κ1) is 17.3. The second-order valence-electron chi connectivity index (χ2n) is 5.53. The quantitative estimate of drug-likeness (QED) is 0.648. The second-order valence-corrected chi connectivity index (χ2v) is 6.48. The first-order valence-electron chi connectivity index (χ1n) is 7.33. The molecule has 3 aromatic rings. The van der Waals surface area contributed by atoms with Gasteiger partial charge in [-0.3, -0.25) is 4.79 Å². The van der Waals surface area contributed by atoms with Gasteiger partial charge in [0, 0.05) is 17.0 Å². The summed E-state index contributed by atoms with van der Waals surface area (Å²) >= 11 is 1.44. The predicted molar refractivity (Wildman–Crippen MR) is 85.4 cm³/mol. The van der Waals surface area contributed by atoms with Crippen molar-refractivity contribution in [2.45, 2.75) is 33.1 Å². The van der Waals surface area contributed by atoms with E-state index in [-0.39, 0.29) is 23.6 Å². The van der Waals surface area contributed by atoms with Gasteiger partial charge in [0.1, 0.15) is 13.1 Å². The van der Waals surface area contributed by atoms with E-state index < -0.39 is 12.7 Å². The van der Waals surface area contributed by atoms with Gasteiger partial charge in [-0.05, 0) is 36.6 Å². The molecule has 3 rings (SSSR count). The minimum Gasteiger partial charge on any atom is -0.339 e. The Bertz CT molecular complexity index is 895. The highest BCUT2D eigenvalue weighted by Gasteiger charge is 2.30. The molecule has 0 unspecified atom stereocenters. The number of hydrogen-bond donors (Lipinski definition) is 0. The SMILES string of the molecule is Cc1cc(C(=O)Cn2nnc(-c3cccs3)n2)c(C)n1CC(F)(F)F. The molecule has 0 aromatic carbocycles. The lowest BCUT2D eigenvalue weighted by Gasteiger charge is -2.12. The van der Waals surface area contributed by atoms with E-state index >= 15 is 0 Å². The van der Waals surface area contributed by atoms with Crippen molar-refractivity contribution < 1.29 is 18.0 Å². The number of carbonyl (C=O) groups excluding carboxylic acids is 1. The Balaban J connectivity index is 1.79. The summed E-state index contributed by atoms with van der Waals surface area (Å²) in [5.41, 5.74) is 0.888. The van der Waals surface area contributed by atoms with Gasteiger partial charge in [-0.2, -0.15) is 18.0 Å². The van der Waals surface area contributed by atoms with E-state index in [1.165, 1.54) is 31.3 Å². The summed E-state index contributed by atoms with van der Waals surface area (Å²) in [6, 6.07) is 5.14. The summed E-state index contributed by atoms with van der Waals surface area (Å²) in [7, 11) is 0. The van der Waals surface area contributed by atoms with Crippen molar-refractivity contribution in [2.75, 3.05) is 0 Å². The minimum atomic E-state index is -4.35. The van der Waals surface area contributed by atoms with Gasteiger partial charge in [0.25, 0.3) is 0 Å². The maximum atomic E-state index is 12.7. The van der Waals surface area contributed by atoms with Gasteiger partial charge in [-0.25, -0.2) is 0 Å². The summed E-state index contributed by atoms with van der Waals surface area (Å²) in [5, 5.41) is 13.7. The monoisotopic (exact) mass is 369 g/mol. The second kappa shape index (κ2) is 6.43. The zero-order chi connectivity index (χ0) is 18.2. The third kappa shape index (κ3) is 3.78. The zero-order valence-corrected chi connectivity index (χ0v) is 14.2. The van der Waals surface area contributed by atoms with E-state index in [2.05, 4.69) is 15.4 Å². The fourth-order valence-corrected chi connectivity index (χ4v) is 3.18. The molecule has 0 fully saturated rings. The van der Waals surface area contributed by atoms with Crippen LogP contribution in [0.5, 0.6) is 0 Å². The third-order valence-corrected chi connectivity index (χ3v) is 4.56. The molecule has 25 heavy (non-hydrogen) atoms. The molecular weight excluding hydrogens is 355 g/mol. The molecule has 0 saturated heterocycles. The van der Waals surface area contributed by atoms with Crippen LogP contribution in [-0.4, -0.2) is 36.7 Å². The predicted octanol–water partition coefficient (Wildman–Crippen LogP) is 3.27. The van der Waals surface area contributed by atoms with Crippen molar-refractivity contribution in [3.63, 3.8) is 0 Å². The average Bonchev–Trinajstić information content (AvgIpc) is 3.23. The van der Waals surface area contributed by atoms with E-state index in [4.69, 9.17) is 0 Å². The number of tetrazole rings is 1. The average molecular weight is 369 g/mol. The molecule has 6 nitrogen and oxygen atoms in total. The lowest BCUT2D eigenvalue weighted by molar-refractivity contribution is -0.141. The van der Waals surface area contributed by atoms with E-state index in [0.29, 0.717) is 11.5 Å². The number of hydrogen-bond acceptors (Lipinski definition) is 5. The smallest absolute Gasteiger partial charge is 0.339 e. The van der Waals surface area contributed by atoms with Crippen LogP contribution < -0.4 is 0 Å². The topological polar surface area (TPSA) is 65.6 Å². The number of aromatic nitrogens is 5. The van der Waals surface area contributed by atoms with Crippen LogP contribution in [0.25, 0.3) is 10.7 Å². The summed E-state index contributed by atoms with van der Waals surface area (Å²) in [6.45, 7) is 1.73. The van der Waals surface area contributed by atoms with Crippen molar-refractivity contribution in [3.8, 4) is 10.7 Å². The Morgan fingerprint density at radius 3 is 2.72 bits per heavy atom. The lowest BCUT2D eigenvalue weighted by Crippen LogP contribution is -2.20. The first-order valence-corrected chi connectivity index (χ1v) is 8.21. The maximum Gasteiger partial charge on any atom is 0.406 e. The Kier molecular flexibility index (Phi) is 4.46. The van der Waals surface area contributed by atoms with Crippen molar-refractivity contribution in [2.24, 2.45) is 0 Å². The maximum absolute atomic E-state index is 12.7. The van der Waals surface area contributed by atoms with Crippen molar-refractivity contribution in [3.05, 3.63) is 40.5 Å². The number of halogens is 3. The van der Waals surface area contributed by atoms with E-state index in [0.717, 1.165) is 14.2 Å². The van der Waals surface area contributed by atoms with E-state index in [9.17, 15) is 18.0 Å². The molecule has 0 amide bonds. The van der Waals surface area contributed by atoms with Crippen molar-refractivity contribution >= 4 is 17.1 Å². The number of Topliss-reactive ketones (excluding diaryl/α,β-unsaturated/α-hetero) is 1. The standard InChI is InChI=1S/C15H14F3N5OS/c1-9-6-11(10(2)22(9)8-15(16,17)18)12(24)7-23-20-14(19-21-23)13-4-3-5-25-13/h3-6H,7-8H2,1-2H3. The Morgan fingerprint density at radius 1 is 1.32 bits per heavy atom. The van der Waals surface area contributed by atoms with E-state index in [1.807, 2.05) is 17.5 Å². The van der Waals surface area contributed by atoms with Gasteiger partial charge in [0.05, 0.1) is 4.88 Å². The first-order chi connectivity index (χ1) is 11.7. The normalized spacial score (nSPS) is 11.9. The molecular formula is C15H14F3N5OS. The van der Waals surface area contributed by atoms with Crippen LogP contribution >= 0.6 is 11.3 Å². The summed E-state index contributed by atoms with van der Waals surface area (Å²) in [6.07, 6.45) is -4.35. The van der Waals surface area contributed by atoms with Gasteiger partial charge in [0.15, 0.2) is 5.78 Å². The molecule has 0 bridgehead atoms. The lowest BCUT2D eigenvalue weighted by atomic mass is 10.1. The molecule has 0 aliphatic carbocycles. The number of nitrogens with zero attached hydrogens (tertiary/aromatic N) is 5. The number of thiophene rings is 1. The molecule has 3 aromatic heterocycles. The van der Waals surface area contributed by atoms with Crippen LogP contribution in [0.4, 0.5) is 13.2 Å². The highest BCUT2D eigenvalue weighted by atomic mass is 32.1. The van der Waals surface area contributed by atoms with Gasteiger partial charge in [0.2, 0.25) is 5.82 Å². The van der Waals surface area contributed by atoms with Crippen molar-refractivity contribution in [1.29, 1.82) is 0 Å². The number of rotatable bonds is 5. The fraction of sp³-hybridized carbons (Fsp3) is 0.333. The summed E-state index contributed by atoms with van der Waals surface area (Å²) < 4.78 is 39.1. The van der Waals surface area contributed by atoms with Crippen molar-refractivity contribution in [1.82, 2.24) is 24.8 Å². The highest BCUT2D eigenvalue weighted by Crippen LogP contribution is 2.24. The molecule has 132 valence electrons. The molecule has 3 heterocycles. The number of carbonyl (C=O) groups is 1. The van der Waals surface area contributed by atoms with Gasteiger partial charge in [-0.1, -0.05) is 6.07 Å².